The van der Waals surface area contributed by atoms with Crippen LogP contribution in [0.1, 0.15) is 43.0 Å². The van der Waals surface area contributed by atoms with E-state index in [1.807, 2.05) is 0 Å². The molecule has 7 heteroatoms. The van der Waals surface area contributed by atoms with E-state index in [-0.39, 0.29) is 5.56 Å². The fraction of sp³-hybridized carbons (Fsp3) is 0.684. The zero-order valence-electron chi connectivity index (χ0n) is 15.9. The number of nitrogens with one attached hydrogen (secondary N) is 1. The van der Waals surface area contributed by atoms with Gasteiger partial charge >= 0.3 is 0 Å². The molecule has 2 aromatic heterocycles. The SMILES string of the molecule is COCCCN(Cc1nc2sc3c(c2c(=O)[nH]1)CC[C@@H](C)C3)C[C@H](C)O. The molecule has 0 radical (unpaired) electrons. The van der Waals surface area contributed by atoms with E-state index in [2.05, 4.69) is 16.8 Å². The molecule has 0 fully saturated rings. The first kappa shape index (κ1) is 19.5. The van der Waals surface area contributed by atoms with Gasteiger partial charge in [-0.25, -0.2) is 4.98 Å². The van der Waals surface area contributed by atoms with Crippen molar-refractivity contribution in [2.75, 3.05) is 26.8 Å². The molecule has 0 saturated carbocycles. The summed E-state index contributed by atoms with van der Waals surface area (Å²) in [5.41, 5.74) is 1.19. The molecule has 0 aromatic carbocycles. The Morgan fingerprint density at radius 2 is 2.31 bits per heavy atom. The molecule has 1 aliphatic carbocycles. The topological polar surface area (TPSA) is 78.5 Å². The molecule has 0 amide bonds. The predicted molar refractivity (Wildman–Crippen MR) is 105 cm³/mol. The van der Waals surface area contributed by atoms with Gasteiger partial charge in [-0.2, -0.15) is 0 Å². The highest BCUT2D eigenvalue weighted by atomic mass is 32.1. The third-order valence-electron chi connectivity index (χ3n) is 4.93. The number of hydrogen-bond donors (Lipinski definition) is 2. The molecule has 0 unspecified atom stereocenters. The molecule has 2 aromatic rings. The Hall–Kier alpha value is -1.28. The number of aliphatic hydroxyl groups is 1. The number of aromatic amines is 1. The van der Waals surface area contributed by atoms with Gasteiger partial charge in [-0.3, -0.25) is 9.69 Å². The smallest absolute Gasteiger partial charge is 0.259 e. The summed E-state index contributed by atoms with van der Waals surface area (Å²) in [5, 5.41) is 10.5. The summed E-state index contributed by atoms with van der Waals surface area (Å²) in [6.45, 7) is 6.58. The zero-order valence-corrected chi connectivity index (χ0v) is 16.7. The Morgan fingerprint density at radius 3 is 3.04 bits per heavy atom. The molecule has 0 saturated heterocycles. The number of fused-ring (bicyclic) bond motifs is 3. The quantitative estimate of drug-likeness (QED) is 0.688. The monoisotopic (exact) mass is 379 g/mol. The minimum Gasteiger partial charge on any atom is -0.392 e. The number of aryl methyl sites for hydroxylation is 1. The molecule has 2 atom stereocenters. The minimum absolute atomic E-state index is 0.0223. The number of hydrogen-bond acceptors (Lipinski definition) is 6. The normalized spacial score (nSPS) is 18.4. The lowest BCUT2D eigenvalue weighted by atomic mass is 9.89. The summed E-state index contributed by atoms with van der Waals surface area (Å²) in [6.07, 6.45) is 3.62. The molecule has 0 bridgehead atoms. The molecular weight excluding hydrogens is 350 g/mol. The molecule has 6 nitrogen and oxygen atoms in total. The molecule has 2 N–H and O–H groups in total. The summed E-state index contributed by atoms with van der Waals surface area (Å²) in [7, 11) is 1.69. The average Bonchev–Trinajstić information content (AvgIpc) is 2.91. The molecule has 3 rings (SSSR count). The minimum atomic E-state index is -0.427. The predicted octanol–water partition coefficient (Wildman–Crippen LogP) is 2.33. The van der Waals surface area contributed by atoms with Crippen molar-refractivity contribution in [1.29, 1.82) is 0 Å². The second kappa shape index (κ2) is 8.61. The maximum Gasteiger partial charge on any atom is 0.259 e. The van der Waals surface area contributed by atoms with Crippen molar-refractivity contribution in [3.8, 4) is 0 Å². The Labute approximate surface area is 158 Å². The van der Waals surface area contributed by atoms with Crippen LogP contribution in [0, 0.1) is 5.92 Å². The van der Waals surface area contributed by atoms with Gasteiger partial charge in [0, 0.05) is 31.7 Å². The average molecular weight is 380 g/mol. The van der Waals surface area contributed by atoms with Crippen molar-refractivity contribution in [2.45, 2.75) is 52.2 Å². The van der Waals surface area contributed by atoms with Gasteiger partial charge < -0.3 is 14.8 Å². The first-order chi connectivity index (χ1) is 12.5. The van der Waals surface area contributed by atoms with Gasteiger partial charge in [-0.05, 0) is 44.1 Å². The second-order valence-electron chi connectivity index (χ2n) is 7.48. The lowest BCUT2D eigenvalue weighted by Crippen LogP contribution is -2.33. The van der Waals surface area contributed by atoms with Crippen molar-refractivity contribution in [3.05, 3.63) is 26.6 Å². The van der Waals surface area contributed by atoms with Crippen LogP contribution in [0.4, 0.5) is 0 Å². The van der Waals surface area contributed by atoms with E-state index >= 15 is 0 Å². The van der Waals surface area contributed by atoms with Gasteiger partial charge in [0.25, 0.3) is 5.56 Å². The highest BCUT2D eigenvalue weighted by Crippen LogP contribution is 2.35. The number of rotatable bonds is 8. The lowest BCUT2D eigenvalue weighted by Gasteiger charge is -2.23. The van der Waals surface area contributed by atoms with E-state index < -0.39 is 6.10 Å². The molecule has 26 heavy (non-hydrogen) atoms. The number of ether oxygens (including phenoxy) is 1. The van der Waals surface area contributed by atoms with Gasteiger partial charge in [0.05, 0.1) is 18.0 Å². The fourth-order valence-electron chi connectivity index (χ4n) is 3.72. The maximum atomic E-state index is 12.7. The summed E-state index contributed by atoms with van der Waals surface area (Å²) < 4.78 is 5.12. The Kier molecular flexibility index (Phi) is 6.45. The third kappa shape index (κ3) is 4.52. The van der Waals surface area contributed by atoms with Crippen LogP contribution >= 0.6 is 11.3 Å². The van der Waals surface area contributed by atoms with Crippen LogP contribution in [0.5, 0.6) is 0 Å². The highest BCUT2D eigenvalue weighted by molar-refractivity contribution is 7.18. The van der Waals surface area contributed by atoms with E-state index in [1.54, 1.807) is 25.4 Å². The van der Waals surface area contributed by atoms with Crippen LogP contribution in [-0.2, 0) is 24.1 Å². The Morgan fingerprint density at radius 1 is 1.50 bits per heavy atom. The van der Waals surface area contributed by atoms with E-state index in [0.717, 1.165) is 42.4 Å². The highest BCUT2D eigenvalue weighted by Gasteiger charge is 2.23. The Balaban J connectivity index is 1.84. The molecule has 1 aliphatic rings. The van der Waals surface area contributed by atoms with Crippen LogP contribution < -0.4 is 5.56 Å². The van der Waals surface area contributed by atoms with E-state index in [9.17, 15) is 9.90 Å². The third-order valence-corrected chi connectivity index (χ3v) is 6.08. The number of aromatic nitrogens is 2. The van der Waals surface area contributed by atoms with Crippen LogP contribution in [0.2, 0.25) is 0 Å². The lowest BCUT2D eigenvalue weighted by molar-refractivity contribution is 0.109. The summed E-state index contributed by atoms with van der Waals surface area (Å²) in [6, 6.07) is 0. The summed E-state index contributed by atoms with van der Waals surface area (Å²) in [4.78, 5) is 24.7. The number of methoxy groups -OCH3 is 1. The molecule has 2 heterocycles. The standard InChI is InChI=1S/C19H29N3O3S/c1-12-5-6-14-15(9-12)26-19-17(14)18(24)20-16(21-19)11-22(10-13(2)23)7-4-8-25-3/h12-13,23H,4-11H2,1-3H3,(H,20,21,24)/t12-,13+/m1/s1. The van der Waals surface area contributed by atoms with Crippen molar-refractivity contribution in [3.63, 3.8) is 0 Å². The molecule has 0 aliphatic heterocycles. The molecular formula is C19H29N3O3S. The number of nitrogens with zero attached hydrogens (tertiary/aromatic N) is 2. The second-order valence-corrected chi connectivity index (χ2v) is 8.56. The van der Waals surface area contributed by atoms with E-state index in [1.165, 1.54) is 10.4 Å². The number of aliphatic hydroxyl groups excluding tert-OH is 1. The van der Waals surface area contributed by atoms with Crippen LogP contribution in [0.25, 0.3) is 10.2 Å². The first-order valence-corrected chi connectivity index (χ1v) is 10.2. The van der Waals surface area contributed by atoms with Gasteiger partial charge in [-0.1, -0.05) is 6.92 Å². The van der Waals surface area contributed by atoms with Gasteiger partial charge in [0.2, 0.25) is 0 Å². The van der Waals surface area contributed by atoms with Crippen molar-refractivity contribution < 1.29 is 9.84 Å². The fourth-order valence-corrected chi connectivity index (χ4v) is 5.12. The van der Waals surface area contributed by atoms with Gasteiger partial charge in [-0.15, -0.1) is 11.3 Å². The van der Waals surface area contributed by atoms with Crippen LogP contribution in [0.15, 0.2) is 4.79 Å². The molecule has 0 spiro atoms. The molecule has 144 valence electrons. The number of H-pyrrole nitrogens is 1. The first-order valence-electron chi connectivity index (χ1n) is 9.40. The Bertz CT molecular complexity index is 799. The zero-order chi connectivity index (χ0) is 18.7. The van der Waals surface area contributed by atoms with E-state index in [0.29, 0.717) is 31.4 Å². The van der Waals surface area contributed by atoms with Crippen LogP contribution in [-0.4, -0.2) is 52.9 Å². The summed E-state index contributed by atoms with van der Waals surface area (Å²) in [5.74, 6) is 1.35. The number of thiophene rings is 1. The van der Waals surface area contributed by atoms with Crippen molar-refractivity contribution in [1.82, 2.24) is 14.9 Å². The van der Waals surface area contributed by atoms with Gasteiger partial charge in [0.1, 0.15) is 10.7 Å². The van der Waals surface area contributed by atoms with Crippen molar-refractivity contribution >= 4 is 21.6 Å². The van der Waals surface area contributed by atoms with Gasteiger partial charge in [0.15, 0.2) is 0 Å². The largest absolute Gasteiger partial charge is 0.392 e. The van der Waals surface area contributed by atoms with E-state index in [4.69, 9.17) is 9.72 Å². The van der Waals surface area contributed by atoms with Crippen LogP contribution in [0.3, 0.4) is 0 Å². The maximum absolute atomic E-state index is 12.7. The summed E-state index contributed by atoms with van der Waals surface area (Å²) >= 11 is 1.68. The van der Waals surface area contributed by atoms with Crippen molar-refractivity contribution in [2.24, 2.45) is 5.92 Å².